The molecule has 158 valence electrons. The van der Waals surface area contributed by atoms with Crippen molar-refractivity contribution in [2.45, 2.75) is 29.9 Å². The summed E-state index contributed by atoms with van der Waals surface area (Å²) in [5.41, 5.74) is 1.06. The zero-order valence-electron chi connectivity index (χ0n) is 17.4. The van der Waals surface area contributed by atoms with Crippen LogP contribution in [0.5, 0.6) is 5.75 Å². The summed E-state index contributed by atoms with van der Waals surface area (Å²) in [7, 11) is 1.65. The van der Waals surface area contributed by atoms with Gasteiger partial charge in [0.15, 0.2) is 0 Å². The van der Waals surface area contributed by atoms with Crippen LogP contribution in [-0.2, 0) is 11.2 Å². The van der Waals surface area contributed by atoms with E-state index in [-0.39, 0.29) is 5.91 Å². The number of amides is 1. The molecule has 0 radical (unpaired) electrons. The van der Waals surface area contributed by atoms with Gasteiger partial charge in [0.05, 0.1) is 16.8 Å². The molecule has 0 spiro atoms. The Kier molecular flexibility index (Phi) is 5.85. The number of ether oxygens (including phenoxy) is 1. The monoisotopic (exact) mass is 434 g/mol. The minimum atomic E-state index is -0.522. The number of nitrogens with zero attached hydrogens (tertiary/aromatic N) is 4. The normalized spacial score (nSPS) is 14.7. The summed E-state index contributed by atoms with van der Waals surface area (Å²) in [5.74, 6) is 2.86. The number of anilines is 3. The number of thioether (sulfide) groups is 1. The van der Waals surface area contributed by atoms with Crippen molar-refractivity contribution in [3.8, 4) is 5.75 Å². The number of carbonyl (C=O) groups is 1. The van der Waals surface area contributed by atoms with Gasteiger partial charge in [-0.15, -0.1) is 11.8 Å². The Bertz CT molecular complexity index is 1130. The second-order valence-electron chi connectivity index (χ2n) is 7.34. The first-order valence-corrected chi connectivity index (χ1v) is 10.5. The maximum atomic E-state index is 12.2. The Morgan fingerprint density at radius 1 is 1.13 bits per heavy atom. The first-order valence-electron chi connectivity index (χ1n) is 9.70. The van der Waals surface area contributed by atoms with E-state index in [0.29, 0.717) is 29.8 Å². The van der Waals surface area contributed by atoms with E-state index in [0.717, 1.165) is 16.2 Å². The Hall–Kier alpha value is -3.46. The molecule has 0 aliphatic carbocycles. The fraction of sp³-hybridized carbons (Fsp3) is 0.227. The Balaban J connectivity index is 1.42. The van der Waals surface area contributed by atoms with Crippen LogP contribution in [0, 0.1) is 0 Å². The molecule has 0 unspecified atom stereocenters. The van der Waals surface area contributed by atoms with Crippen LogP contribution in [0.3, 0.4) is 0 Å². The molecule has 0 saturated heterocycles. The summed E-state index contributed by atoms with van der Waals surface area (Å²) in [5, 5.41) is 5.94. The third-order valence-corrected chi connectivity index (χ3v) is 5.84. The predicted molar refractivity (Wildman–Crippen MR) is 122 cm³/mol. The van der Waals surface area contributed by atoms with E-state index in [1.165, 1.54) is 18.1 Å². The Morgan fingerprint density at radius 2 is 1.94 bits per heavy atom. The fourth-order valence-electron chi connectivity index (χ4n) is 2.89. The van der Waals surface area contributed by atoms with Crippen LogP contribution in [0.15, 0.2) is 53.7 Å². The first kappa shape index (κ1) is 20.8. The number of hydrogen-bond donors (Lipinski definition) is 2. The van der Waals surface area contributed by atoms with E-state index in [9.17, 15) is 4.79 Å². The molecule has 1 aliphatic heterocycles. The maximum Gasteiger partial charge on any atom is 0.241 e. The van der Waals surface area contributed by atoms with E-state index >= 15 is 0 Å². The average Bonchev–Trinajstić information content (AvgIpc) is 2.75. The lowest BCUT2D eigenvalue weighted by Crippen LogP contribution is -2.37. The number of carbonyl (C=O) groups excluding carboxylic acids is 1. The summed E-state index contributed by atoms with van der Waals surface area (Å²) in [6.07, 6.45) is 6.02. The summed E-state index contributed by atoms with van der Waals surface area (Å²) in [4.78, 5) is 30.4. The summed E-state index contributed by atoms with van der Waals surface area (Å²) in [6.45, 7) is 3.77. The molecule has 0 fully saturated rings. The summed E-state index contributed by atoms with van der Waals surface area (Å²) >= 11 is 1.49. The molecule has 3 aromatic rings. The highest BCUT2D eigenvalue weighted by atomic mass is 32.2. The van der Waals surface area contributed by atoms with Crippen molar-refractivity contribution in [1.29, 1.82) is 0 Å². The third-order valence-electron chi connectivity index (χ3n) is 4.59. The minimum Gasteiger partial charge on any atom is -0.497 e. The Morgan fingerprint density at radius 3 is 2.71 bits per heavy atom. The molecular formula is C22H22N6O2S. The van der Waals surface area contributed by atoms with Crippen molar-refractivity contribution in [1.82, 2.24) is 19.9 Å². The van der Waals surface area contributed by atoms with Crippen LogP contribution in [0.2, 0.25) is 0 Å². The zero-order chi connectivity index (χ0) is 21.8. The van der Waals surface area contributed by atoms with Crippen LogP contribution in [0.4, 0.5) is 17.6 Å². The molecule has 8 nitrogen and oxygen atoms in total. The number of allylic oxidation sites excluding steroid dienone is 1. The van der Waals surface area contributed by atoms with E-state index in [4.69, 9.17) is 4.74 Å². The SMILES string of the molecule is COc1ccc(/C=C/Cc2ncnc(Nc3ccc4c(n3)NC(=O)C(C)(C)S4)n2)cc1. The van der Waals surface area contributed by atoms with Gasteiger partial charge in [-0.25, -0.2) is 15.0 Å². The topological polar surface area (TPSA) is 102 Å². The highest BCUT2D eigenvalue weighted by molar-refractivity contribution is 8.01. The number of methoxy groups -OCH3 is 1. The molecule has 0 bridgehead atoms. The Labute approximate surface area is 184 Å². The molecule has 1 aliphatic rings. The standard InChI is InChI=1S/C22H22N6O2S/c1-22(2)20(29)28-19-16(31-22)11-12-18(25-19)27-21-24-13-23-17(26-21)6-4-5-14-7-9-15(30-3)10-8-14/h4-5,7-13H,6H2,1-3H3,(H2,23,24,25,26,27,28,29)/b5-4+. The van der Waals surface area contributed by atoms with E-state index < -0.39 is 4.75 Å². The fourth-order valence-corrected chi connectivity index (χ4v) is 3.91. The molecule has 0 saturated carbocycles. The molecule has 3 heterocycles. The molecule has 1 aromatic carbocycles. The molecule has 2 N–H and O–H groups in total. The zero-order valence-corrected chi connectivity index (χ0v) is 18.2. The second kappa shape index (κ2) is 8.73. The predicted octanol–water partition coefficient (Wildman–Crippen LogP) is 4.10. The summed E-state index contributed by atoms with van der Waals surface area (Å²) < 4.78 is 4.64. The molecule has 31 heavy (non-hydrogen) atoms. The van der Waals surface area contributed by atoms with Gasteiger partial charge in [-0.3, -0.25) is 4.79 Å². The lowest BCUT2D eigenvalue weighted by Gasteiger charge is -2.29. The van der Waals surface area contributed by atoms with Gasteiger partial charge in [-0.2, -0.15) is 4.98 Å². The third kappa shape index (κ3) is 5.00. The number of aromatic nitrogens is 4. The van der Waals surface area contributed by atoms with Gasteiger partial charge >= 0.3 is 0 Å². The molecule has 4 rings (SSSR count). The maximum absolute atomic E-state index is 12.2. The highest BCUT2D eigenvalue weighted by Gasteiger charge is 2.35. The van der Waals surface area contributed by atoms with Crippen molar-refractivity contribution in [3.05, 3.63) is 60.2 Å². The number of pyridine rings is 1. The number of benzene rings is 1. The first-order chi connectivity index (χ1) is 14.9. The van der Waals surface area contributed by atoms with Crippen LogP contribution in [0.1, 0.15) is 25.2 Å². The van der Waals surface area contributed by atoms with Gasteiger partial charge in [0, 0.05) is 6.42 Å². The van der Waals surface area contributed by atoms with E-state index in [1.807, 2.05) is 62.4 Å². The van der Waals surface area contributed by atoms with Gasteiger partial charge in [0.25, 0.3) is 0 Å². The van der Waals surface area contributed by atoms with Crippen molar-refractivity contribution in [2.75, 3.05) is 17.7 Å². The number of rotatable bonds is 6. The number of fused-ring (bicyclic) bond motifs is 1. The highest BCUT2D eigenvalue weighted by Crippen LogP contribution is 2.41. The minimum absolute atomic E-state index is 0.0688. The van der Waals surface area contributed by atoms with Gasteiger partial charge in [0.2, 0.25) is 11.9 Å². The van der Waals surface area contributed by atoms with Crippen LogP contribution in [0.25, 0.3) is 6.08 Å². The average molecular weight is 435 g/mol. The van der Waals surface area contributed by atoms with Crippen LogP contribution < -0.4 is 15.4 Å². The van der Waals surface area contributed by atoms with Crippen molar-refractivity contribution < 1.29 is 9.53 Å². The lowest BCUT2D eigenvalue weighted by molar-refractivity contribution is -0.117. The van der Waals surface area contributed by atoms with Gasteiger partial charge < -0.3 is 15.4 Å². The molecule has 1 amide bonds. The molecule has 9 heteroatoms. The van der Waals surface area contributed by atoms with Crippen molar-refractivity contribution in [2.24, 2.45) is 0 Å². The van der Waals surface area contributed by atoms with Crippen LogP contribution >= 0.6 is 11.8 Å². The smallest absolute Gasteiger partial charge is 0.241 e. The van der Waals surface area contributed by atoms with E-state index in [2.05, 4.69) is 30.6 Å². The van der Waals surface area contributed by atoms with Gasteiger partial charge in [0.1, 0.15) is 29.5 Å². The number of hydrogen-bond acceptors (Lipinski definition) is 8. The molecule has 0 atom stereocenters. The van der Waals surface area contributed by atoms with Gasteiger partial charge in [-0.05, 0) is 43.7 Å². The lowest BCUT2D eigenvalue weighted by atomic mass is 10.2. The largest absolute Gasteiger partial charge is 0.497 e. The van der Waals surface area contributed by atoms with E-state index in [1.54, 1.807) is 7.11 Å². The number of nitrogens with one attached hydrogen (secondary N) is 2. The summed E-state index contributed by atoms with van der Waals surface area (Å²) in [6, 6.07) is 11.6. The van der Waals surface area contributed by atoms with Gasteiger partial charge in [-0.1, -0.05) is 24.3 Å². The molecular weight excluding hydrogens is 412 g/mol. The van der Waals surface area contributed by atoms with Crippen LogP contribution in [-0.4, -0.2) is 37.7 Å². The van der Waals surface area contributed by atoms with Crippen molar-refractivity contribution in [3.63, 3.8) is 0 Å². The second-order valence-corrected chi connectivity index (χ2v) is 9.00. The van der Waals surface area contributed by atoms with Crippen molar-refractivity contribution >= 4 is 41.3 Å². The molecule has 2 aromatic heterocycles. The quantitative estimate of drug-likeness (QED) is 0.598.